The van der Waals surface area contributed by atoms with Crippen LogP contribution in [0.3, 0.4) is 0 Å². The Morgan fingerprint density at radius 2 is 2.00 bits per heavy atom. The van der Waals surface area contributed by atoms with E-state index in [0.29, 0.717) is 5.92 Å². The number of amides is 1. The molecular weight excluding hydrogens is 273 g/mol. The summed E-state index contributed by atoms with van der Waals surface area (Å²) in [6.45, 7) is 0. The average Bonchev–Trinajstić information content (AvgIpc) is 3.14. The van der Waals surface area contributed by atoms with Crippen molar-refractivity contribution in [3.63, 3.8) is 0 Å². The van der Waals surface area contributed by atoms with Crippen LogP contribution < -0.4 is 5.32 Å². The molecule has 2 fully saturated rings. The van der Waals surface area contributed by atoms with Crippen LogP contribution in [0.25, 0.3) is 0 Å². The molecule has 2 atom stereocenters. The van der Waals surface area contributed by atoms with E-state index in [1.54, 1.807) is 11.8 Å². The summed E-state index contributed by atoms with van der Waals surface area (Å²) in [6, 6.07) is 7.06. The summed E-state index contributed by atoms with van der Waals surface area (Å²) in [5.41, 5.74) is 1.19. The molecule has 0 heterocycles. The van der Waals surface area contributed by atoms with Crippen molar-refractivity contribution in [2.45, 2.75) is 48.8 Å². The fraction of sp³-hybridized carbons (Fsp3) is 0.562. The number of hydrogen-bond donors (Lipinski definition) is 1. The summed E-state index contributed by atoms with van der Waals surface area (Å²) in [7, 11) is 0. The number of carbonyl (C=O) groups excluding carboxylic acids is 1. The molecule has 0 radical (unpaired) electrons. The smallest absolute Gasteiger partial charge is 0.236 e. The van der Waals surface area contributed by atoms with E-state index >= 15 is 0 Å². The van der Waals surface area contributed by atoms with Crippen LogP contribution in [0.15, 0.2) is 24.3 Å². The maximum absolute atomic E-state index is 12.9. The quantitative estimate of drug-likeness (QED) is 0.921. The van der Waals surface area contributed by atoms with Gasteiger partial charge in [-0.3, -0.25) is 4.79 Å². The van der Waals surface area contributed by atoms with Gasteiger partial charge in [0.15, 0.2) is 0 Å². The Morgan fingerprint density at radius 1 is 1.30 bits per heavy atom. The standard InChI is InChI=1S/C16H20FNOS/c1-20-16(8-9-16)15(19)18-14-7-4-12(10-14)11-2-5-13(17)6-3-11/h2-3,5-6,12,14H,4,7-10H2,1H3,(H,18,19). The van der Waals surface area contributed by atoms with Crippen LogP contribution in [0.5, 0.6) is 0 Å². The van der Waals surface area contributed by atoms with E-state index in [-0.39, 0.29) is 22.5 Å². The molecule has 0 saturated heterocycles. The van der Waals surface area contributed by atoms with Gasteiger partial charge in [0.1, 0.15) is 5.82 Å². The molecular formula is C16H20FNOS. The fourth-order valence-electron chi connectivity index (χ4n) is 3.10. The van der Waals surface area contributed by atoms with Gasteiger partial charge >= 0.3 is 0 Å². The zero-order chi connectivity index (χ0) is 14.2. The Balaban J connectivity index is 1.57. The second kappa shape index (κ2) is 5.40. The van der Waals surface area contributed by atoms with Gasteiger partial charge in [0.25, 0.3) is 0 Å². The number of hydrogen-bond acceptors (Lipinski definition) is 2. The van der Waals surface area contributed by atoms with Crippen LogP contribution in [0.4, 0.5) is 4.39 Å². The molecule has 2 aliphatic carbocycles. The van der Waals surface area contributed by atoms with Gasteiger partial charge in [0.05, 0.1) is 4.75 Å². The summed E-state index contributed by atoms with van der Waals surface area (Å²) >= 11 is 1.67. The third-order valence-corrected chi connectivity index (χ3v) is 5.99. The number of benzene rings is 1. The zero-order valence-electron chi connectivity index (χ0n) is 11.7. The molecule has 0 bridgehead atoms. The van der Waals surface area contributed by atoms with Gasteiger partial charge in [-0.25, -0.2) is 4.39 Å². The molecule has 4 heteroatoms. The molecule has 0 aromatic heterocycles. The van der Waals surface area contributed by atoms with E-state index in [0.717, 1.165) is 32.1 Å². The molecule has 2 nitrogen and oxygen atoms in total. The largest absolute Gasteiger partial charge is 0.352 e. The predicted molar refractivity (Wildman–Crippen MR) is 80.4 cm³/mol. The van der Waals surface area contributed by atoms with Crippen LogP contribution in [-0.4, -0.2) is 23.0 Å². The van der Waals surface area contributed by atoms with Crippen molar-refractivity contribution < 1.29 is 9.18 Å². The molecule has 108 valence electrons. The van der Waals surface area contributed by atoms with E-state index in [1.165, 1.54) is 17.7 Å². The number of rotatable bonds is 4. The Labute approximate surface area is 123 Å². The maximum Gasteiger partial charge on any atom is 0.236 e. The Morgan fingerprint density at radius 3 is 2.60 bits per heavy atom. The number of nitrogens with one attached hydrogen (secondary N) is 1. The van der Waals surface area contributed by atoms with E-state index in [1.807, 2.05) is 18.4 Å². The van der Waals surface area contributed by atoms with Gasteiger partial charge in [0.2, 0.25) is 5.91 Å². The van der Waals surface area contributed by atoms with E-state index in [2.05, 4.69) is 5.32 Å². The molecule has 2 saturated carbocycles. The van der Waals surface area contributed by atoms with Crippen molar-refractivity contribution in [3.05, 3.63) is 35.6 Å². The molecule has 0 spiro atoms. The maximum atomic E-state index is 12.9. The van der Waals surface area contributed by atoms with E-state index < -0.39 is 0 Å². The highest BCUT2D eigenvalue weighted by Gasteiger charge is 2.49. The Kier molecular flexibility index (Phi) is 3.76. The second-order valence-corrected chi connectivity index (χ2v) is 7.12. The van der Waals surface area contributed by atoms with Crippen molar-refractivity contribution in [2.24, 2.45) is 0 Å². The Hall–Kier alpha value is -1.03. The lowest BCUT2D eigenvalue weighted by molar-refractivity contribution is -0.121. The summed E-state index contributed by atoms with van der Waals surface area (Å²) in [4.78, 5) is 12.2. The number of thioether (sulfide) groups is 1. The normalized spacial score (nSPS) is 27.3. The van der Waals surface area contributed by atoms with Crippen LogP contribution in [0.1, 0.15) is 43.6 Å². The van der Waals surface area contributed by atoms with Crippen LogP contribution in [0, 0.1) is 5.82 Å². The molecule has 2 unspecified atom stereocenters. The molecule has 3 rings (SSSR count). The lowest BCUT2D eigenvalue weighted by Gasteiger charge is -2.18. The minimum atomic E-state index is -0.188. The van der Waals surface area contributed by atoms with Crippen molar-refractivity contribution in [1.29, 1.82) is 0 Å². The van der Waals surface area contributed by atoms with Gasteiger partial charge in [-0.15, -0.1) is 11.8 Å². The highest BCUT2D eigenvalue weighted by molar-refractivity contribution is 8.01. The summed E-state index contributed by atoms with van der Waals surface area (Å²) in [6.07, 6.45) is 7.10. The van der Waals surface area contributed by atoms with Crippen molar-refractivity contribution in [2.75, 3.05) is 6.26 Å². The first-order chi connectivity index (χ1) is 9.63. The zero-order valence-corrected chi connectivity index (χ0v) is 12.5. The van der Waals surface area contributed by atoms with Crippen LogP contribution in [-0.2, 0) is 4.79 Å². The van der Waals surface area contributed by atoms with Gasteiger partial charge in [-0.05, 0) is 62.0 Å². The number of carbonyl (C=O) groups is 1. The first kappa shape index (κ1) is 13.9. The molecule has 1 N–H and O–H groups in total. The van der Waals surface area contributed by atoms with Gasteiger partial charge in [-0.2, -0.15) is 0 Å². The molecule has 1 amide bonds. The third-order valence-electron chi connectivity index (χ3n) is 4.62. The average molecular weight is 293 g/mol. The first-order valence-corrected chi connectivity index (χ1v) is 8.47. The van der Waals surface area contributed by atoms with E-state index in [9.17, 15) is 9.18 Å². The minimum absolute atomic E-state index is 0.131. The van der Waals surface area contributed by atoms with Gasteiger partial charge in [-0.1, -0.05) is 12.1 Å². The summed E-state index contributed by atoms with van der Waals surface area (Å²) < 4.78 is 12.8. The van der Waals surface area contributed by atoms with E-state index in [4.69, 9.17) is 0 Å². The van der Waals surface area contributed by atoms with Crippen molar-refractivity contribution in [1.82, 2.24) is 5.32 Å². The first-order valence-electron chi connectivity index (χ1n) is 7.24. The summed E-state index contributed by atoms with van der Waals surface area (Å²) in [5, 5.41) is 3.21. The molecule has 1 aromatic carbocycles. The third kappa shape index (κ3) is 2.71. The molecule has 2 aliphatic rings. The highest BCUT2D eigenvalue weighted by Crippen LogP contribution is 2.47. The summed E-state index contributed by atoms with van der Waals surface area (Å²) in [5.74, 6) is 0.479. The molecule has 20 heavy (non-hydrogen) atoms. The molecule has 1 aromatic rings. The molecule has 0 aliphatic heterocycles. The lowest BCUT2D eigenvalue weighted by atomic mass is 9.97. The van der Waals surface area contributed by atoms with Crippen LogP contribution in [0.2, 0.25) is 0 Å². The monoisotopic (exact) mass is 293 g/mol. The topological polar surface area (TPSA) is 29.1 Å². The highest BCUT2D eigenvalue weighted by atomic mass is 32.2. The minimum Gasteiger partial charge on any atom is -0.352 e. The van der Waals surface area contributed by atoms with Gasteiger partial charge < -0.3 is 5.32 Å². The lowest BCUT2D eigenvalue weighted by Crippen LogP contribution is -2.40. The second-order valence-electron chi connectivity index (χ2n) is 5.93. The predicted octanol–water partition coefficient (Wildman–Crippen LogP) is 3.47. The van der Waals surface area contributed by atoms with Crippen LogP contribution >= 0.6 is 11.8 Å². The van der Waals surface area contributed by atoms with Gasteiger partial charge in [0, 0.05) is 6.04 Å². The van der Waals surface area contributed by atoms with Crippen molar-refractivity contribution in [3.8, 4) is 0 Å². The number of halogens is 1. The van der Waals surface area contributed by atoms with Crippen molar-refractivity contribution >= 4 is 17.7 Å². The Bertz CT molecular complexity index is 498. The fourth-order valence-corrected chi connectivity index (χ4v) is 3.86. The SMILES string of the molecule is CSC1(C(=O)NC2CCC(c3ccc(F)cc3)C2)CC1.